The molecule has 0 atom stereocenters. The van der Waals surface area contributed by atoms with Crippen LogP contribution in [0.15, 0.2) is 29.6 Å². The summed E-state index contributed by atoms with van der Waals surface area (Å²) in [6, 6.07) is 2.99. The number of sulfonamides is 1. The van der Waals surface area contributed by atoms with Crippen molar-refractivity contribution in [2.45, 2.75) is 4.90 Å². The molecule has 0 aliphatic heterocycles. The molecule has 2 aromatic heterocycles. The predicted molar refractivity (Wildman–Crippen MR) is 64.4 cm³/mol. The lowest BCUT2D eigenvalue weighted by molar-refractivity contribution is 0.520. The van der Waals surface area contributed by atoms with Crippen LogP contribution in [0.25, 0.3) is 5.82 Å². The van der Waals surface area contributed by atoms with Crippen LogP contribution in [0.3, 0.4) is 0 Å². The minimum atomic E-state index is -3.47. The summed E-state index contributed by atoms with van der Waals surface area (Å²) in [6.07, 6.45) is 2.67. The minimum Gasteiger partial charge on any atom is -0.366 e. The molecule has 0 radical (unpaired) electrons. The Labute approximate surface area is 104 Å². The van der Waals surface area contributed by atoms with Gasteiger partial charge in [-0.1, -0.05) is 0 Å². The fourth-order valence-electron chi connectivity index (χ4n) is 1.26. The molecule has 9 heteroatoms. The van der Waals surface area contributed by atoms with Crippen molar-refractivity contribution in [2.75, 3.05) is 19.8 Å². The van der Waals surface area contributed by atoms with Gasteiger partial charge in [-0.3, -0.25) is 0 Å². The average molecular weight is 268 g/mol. The third-order valence-electron chi connectivity index (χ3n) is 2.24. The molecular formula is C9H12N6O2S. The number of hydrogen-bond acceptors (Lipinski definition) is 6. The van der Waals surface area contributed by atoms with Crippen LogP contribution in [0, 0.1) is 0 Å². The highest BCUT2D eigenvalue weighted by atomic mass is 32.2. The number of rotatable bonds is 3. The Morgan fingerprint density at radius 2 is 2.00 bits per heavy atom. The van der Waals surface area contributed by atoms with Gasteiger partial charge in [0.15, 0.2) is 5.82 Å². The van der Waals surface area contributed by atoms with Gasteiger partial charge in [0.25, 0.3) is 0 Å². The minimum absolute atomic E-state index is 0.115. The fourth-order valence-corrected chi connectivity index (χ4v) is 2.11. The lowest BCUT2D eigenvalue weighted by Gasteiger charge is -2.10. The van der Waals surface area contributed by atoms with Gasteiger partial charge in [0.05, 0.1) is 0 Å². The number of aromatic nitrogens is 4. The Balaban J connectivity index is 2.37. The van der Waals surface area contributed by atoms with E-state index >= 15 is 0 Å². The second kappa shape index (κ2) is 4.35. The van der Waals surface area contributed by atoms with E-state index in [0.717, 1.165) is 4.31 Å². The topological polar surface area (TPSA) is 107 Å². The normalized spacial score (nSPS) is 11.9. The summed E-state index contributed by atoms with van der Waals surface area (Å²) < 4.78 is 26.1. The molecule has 2 aromatic rings. The van der Waals surface area contributed by atoms with Gasteiger partial charge in [0.2, 0.25) is 16.0 Å². The Morgan fingerprint density at radius 3 is 2.44 bits per heavy atom. The van der Waals surface area contributed by atoms with Crippen LogP contribution in [0.5, 0.6) is 0 Å². The quantitative estimate of drug-likeness (QED) is 0.803. The molecule has 0 unspecified atom stereocenters. The van der Waals surface area contributed by atoms with Crippen molar-refractivity contribution < 1.29 is 8.42 Å². The first-order chi connectivity index (χ1) is 8.41. The fraction of sp³-hybridized carbons (Fsp3) is 0.222. The largest absolute Gasteiger partial charge is 0.366 e. The van der Waals surface area contributed by atoms with Gasteiger partial charge in [-0.05, 0) is 12.1 Å². The lowest BCUT2D eigenvalue weighted by atomic mass is 10.5. The maximum atomic E-state index is 11.8. The van der Waals surface area contributed by atoms with E-state index in [-0.39, 0.29) is 10.8 Å². The van der Waals surface area contributed by atoms with Crippen LogP contribution in [-0.4, -0.2) is 46.6 Å². The van der Waals surface area contributed by atoms with Crippen molar-refractivity contribution in [3.8, 4) is 5.82 Å². The molecule has 2 heterocycles. The summed E-state index contributed by atoms with van der Waals surface area (Å²) >= 11 is 0. The second-order valence-corrected chi connectivity index (χ2v) is 5.84. The van der Waals surface area contributed by atoms with E-state index < -0.39 is 10.0 Å². The van der Waals surface area contributed by atoms with Crippen molar-refractivity contribution in [1.29, 1.82) is 0 Å². The van der Waals surface area contributed by atoms with E-state index in [0.29, 0.717) is 5.82 Å². The van der Waals surface area contributed by atoms with Crippen LogP contribution in [0.1, 0.15) is 0 Å². The number of pyridine rings is 1. The van der Waals surface area contributed by atoms with Gasteiger partial charge in [0, 0.05) is 20.3 Å². The standard InChI is InChI=1S/C9H12N6O2S/c1-14(2)18(16,17)7-3-4-8(11-5-7)15-6-12-9(10)13-15/h3-6H,1-2H3,(H2,10,13). The van der Waals surface area contributed by atoms with Crippen molar-refractivity contribution in [1.82, 2.24) is 24.1 Å². The number of anilines is 1. The highest BCUT2D eigenvalue weighted by Crippen LogP contribution is 2.13. The molecule has 0 spiro atoms. The summed E-state index contributed by atoms with van der Waals surface area (Å²) in [5.41, 5.74) is 5.38. The molecule has 0 fully saturated rings. The summed E-state index contributed by atoms with van der Waals surface area (Å²) in [6.45, 7) is 0. The van der Waals surface area contributed by atoms with Crippen LogP contribution in [0.4, 0.5) is 5.95 Å². The zero-order valence-corrected chi connectivity index (χ0v) is 10.7. The van der Waals surface area contributed by atoms with E-state index in [9.17, 15) is 8.42 Å². The van der Waals surface area contributed by atoms with Gasteiger partial charge >= 0.3 is 0 Å². The number of hydrogen-bond donors (Lipinski definition) is 1. The van der Waals surface area contributed by atoms with E-state index in [2.05, 4.69) is 15.1 Å². The summed E-state index contributed by atoms with van der Waals surface area (Å²) in [4.78, 5) is 7.88. The second-order valence-electron chi connectivity index (χ2n) is 3.69. The number of nitrogens with two attached hydrogens (primary N) is 1. The van der Waals surface area contributed by atoms with Crippen molar-refractivity contribution in [3.63, 3.8) is 0 Å². The molecule has 2 rings (SSSR count). The Morgan fingerprint density at radius 1 is 1.28 bits per heavy atom. The highest BCUT2D eigenvalue weighted by Gasteiger charge is 2.17. The van der Waals surface area contributed by atoms with Crippen LogP contribution in [-0.2, 0) is 10.0 Å². The molecule has 0 aliphatic rings. The SMILES string of the molecule is CN(C)S(=O)(=O)c1ccc(-n2cnc(N)n2)nc1. The first-order valence-corrected chi connectivity index (χ1v) is 6.41. The average Bonchev–Trinajstić information content (AvgIpc) is 2.76. The molecule has 2 N–H and O–H groups in total. The van der Waals surface area contributed by atoms with Gasteiger partial charge < -0.3 is 5.73 Å². The van der Waals surface area contributed by atoms with E-state index in [4.69, 9.17) is 5.73 Å². The van der Waals surface area contributed by atoms with Gasteiger partial charge in [-0.2, -0.15) is 0 Å². The molecule has 0 saturated carbocycles. The monoisotopic (exact) mass is 268 g/mol. The maximum Gasteiger partial charge on any atom is 0.244 e. The van der Waals surface area contributed by atoms with Crippen molar-refractivity contribution in [3.05, 3.63) is 24.7 Å². The van der Waals surface area contributed by atoms with E-state index in [1.165, 1.54) is 43.4 Å². The third kappa shape index (κ3) is 2.17. The Kier molecular flexibility index (Phi) is 3.01. The lowest BCUT2D eigenvalue weighted by Crippen LogP contribution is -2.22. The highest BCUT2D eigenvalue weighted by molar-refractivity contribution is 7.89. The molecular weight excluding hydrogens is 256 g/mol. The van der Waals surface area contributed by atoms with Gasteiger partial charge in [-0.25, -0.2) is 27.4 Å². The van der Waals surface area contributed by atoms with Gasteiger partial charge in [0.1, 0.15) is 11.2 Å². The number of nitrogen functional groups attached to an aromatic ring is 1. The Bertz CT molecular complexity index is 646. The molecule has 0 aliphatic carbocycles. The van der Waals surface area contributed by atoms with Crippen molar-refractivity contribution >= 4 is 16.0 Å². The first-order valence-electron chi connectivity index (χ1n) is 4.97. The zero-order valence-electron chi connectivity index (χ0n) is 9.85. The van der Waals surface area contributed by atoms with Crippen LogP contribution >= 0.6 is 0 Å². The van der Waals surface area contributed by atoms with Crippen LogP contribution < -0.4 is 5.73 Å². The Hall–Kier alpha value is -2.00. The maximum absolute atomic E-state index is 11.8. The molecule has 0 amide bonds. The molecule has 96 valence electrons. The predicted octanol–water partition coefficient (Wildman–Crippen LogP) is -0.505. The zero-order chi connectivity index (χ0) is 13.3. The molecule has 8 nitrogen and oxygen atoms in total. The van der Waals surface area contributed by atoms with Gasteiger partial charge in [-0.15, -0.1) is 5.10 Å². The number of nitrogens with zero attached hydrogens (tertiary/aromatic N) is 5. The smallest absolute Gasteiger partial charge is 0.244 e. The summed E-state index contributed by atoms with van der Waals surface area (Å²) in [5.74, 6) is 0.568. The molecule has 0 bridgehead atoms. The van der Waals surface area contributed by atoms with E-state index in [1.807, 2.05) is 0 Å². The molecule has 0 aromatic carbocycles. The van der Waals surface area contributed by atoms with Crippen molar-refractivity contribution in [2.24, 2.45) is 0 Å². The third-order valence-corrected chi connectivity index (χ3v) is 4.04. The molecule has 0 saturated heterocycles. The molecule has 18 heavy (non-hydrogen) atoms. The van der Waals surface area contributed by atoms with E-state index in [1.54, 1.807) is 0 Å². The first kappa shape index (κ1) is 12.5. The summed E-state index contributed by atoms with van der Waals surface area (Å²) in [5, 5.41) is 3.87. The van der Waals surface area contributed by atoms with Crippen LogP contribution in [0.2, 0.25) is 0 Å². The summed E-state index contributed by atoms with van der Waals surface area (Å²) in [7, 11) is -0.550.